The Morgan fingerprint density at radius 3 is 2.20 bits per heavy atom. The number of amides is 1. The van der Waals surface area contributed by atoms with Gasteiger partial charge in [-0.3, -0.25) is 4.79 Å². The zero-order chi connectivity index (χ0) is 7.41. The predicted octanol–water partition coefficient (Wildman–Crippen LogP) is 0.923. The van der Waals surface area contributed by atoms with Crippen LogP contribution in [0, 0.1) is 10.8 Å². The number of carbonyl (C=O) groups excluding carboxylic acids is 1. The number of hydrogen-bond acceptors (Lipinski definition) is 1. The van der Waals surface area contributed by atoms with Gasteiger partial charge in [0.2, 0.25) is 5.91 Å². The molecule has 0 aliphatic heterocycles. The van der Waals surface area contributed by atoms with Crippen molar-refractivity contribution < 1.29 is 4.79 Å². The van der Waals surface area contributed by atoms with E-state index < -0.39 is 0 Å². The van der Waals surface area contributed by atoms with Crippen LogP contribution in [0.4, 0.5) is 0 Å². The fourth-order valence-electron chi connectivity index (χ4n) is 2.80. The van der Waals surface area contributed by atoms with Gasteiger partial charge in [0.25, 0.3) is 0 Å². The van der Waals surface area contributed by atoms with Crippen LogP contribution >= 0.6 is 0 Å². The SMILES string of the molecule is CNC(=O)C12CC(C)(C1)C2. The molecule has 3 saturated carbocycles. The first-order chi connectivity index (χ1) is 4.60. The van der Waals surface area contributed by atoms with Gasteiger partial charge >= 0.3 is 0 Å². The number of carbonyl (C=O) groups is 1. The highest BCUT2D eigenvalue weighted by Crippen LogP contribution is 2.72. The molecular weight excluding hydrogens is 126 g/mol. The standard InChI is InChI=1S/C8H13NO/c1-7-3-8(4-7,5-7)6(10)9-2/h3-5H2,1-2H3,(H,9,10). The molecule has 0 aromatic rings. The molecule has 3 aliphatic rings. The van der Waals surface area contributed by atoms with Crippen LogP contribution in [-0.4, -0.2) is 13.0 Å². The Balaban J connectivity index is 2.04. The second-order valence-electron chi connectivity index (χ2n) is 4.20. The van der Waals surface area contributed by atoms with Crippen LogP contribution in [0.15, 0.2) is 0 Å². The van der Waals surface area contributed by atoms with Gasteiger partial charge in [-0.15, -0.1) is 0 Å². The Hall–Kier alpha value is -0.530. The van der Waals surface area contributed by atoms with Gasteiger partial charge in [0, 0.05) is 7.05 Å². The second kappa shape index (κ2) is 1.39. The second-order valence-corrected chi connectivity index (χ2v) is 4.20. The van der Waals surface area contributed by atoms with Gasteiger partial charge in [-0.05, 0) is 24.7 Å². The molecule has 0 radical (unpaired) electrons. The van der Waals surface area contributed by atoms with Crippen molar-refractivity contribution in [2.75, 3.05) is 7.05 Å². The molecule has 3 aliphatic carbocycles. The van der Waals surface area contributed by atoms with Gasteiger partial charge in [-0.2, -0.15) is 0 Å². The van der Waals surface area contributed by atoms with Crippen LogP contribution in [0.5, 0.6) is 0 Å². The summed E-state index contributed by atoms with van der Waals surface area (Å²) in [4.78, 5) is 11.2. The van der Waals surface area contributed by atoms with Gasteiger partial charge in [0.1, 0.15) is 0 Å². The van der Waals surface area contributed by atoms with Crippen molar-refractivity contribution in [3.8, 4) is 0 Å². The van der Waals surface area contributed by atoms with Gasteiger partial charge in [0.05, 0.1) is 5.41 Å². The first-order valence-electron chi connectivity index (χ1n) is 3.83. The molecule has 2 bridgehead atoms. The summed E-state index contributed by atoms with van der Waals surface area (Å²) in [5.74, 6) is 0.260. The average molecular weight is 139 g/mol. The van der Waals surface area contributed by atoms with Crippen molar-refractivity contribution >= 4 is 5.91 Å². The van der Waals surface area contributed by atoms with E-state index >= 15 is 0 Å². The summed E-state index contributed by atoms with van der Waals surface area (Å²) < 4.78 is 0. The predicted molar refractivity (Wildman–Crippen MR) is 38.5 cm³/mol. The van der Waals surface area contributed by atoms with Gasteiger partial charge in [-0.1, -0.05) is 6.92 Å². The van der Waals surface area contributed by atoms with E-state index in [1.54, 1.807) is 7.05 Å². The topological polar surface area (TPSA) is 29.1 Å². The molecule has 1 N–H and O–H groups in total. The number of nitrogens with one attached hydrogen (secondary N) is 1. The molecule has 0 atom stereocenters. The lowest BCUT2D eigenvalue weighted by atomic mass is 9.35. The summed E-state index contributed by atoms with van der Waals surface area (Å²) in [7, 11) is 1.73. The van der Waals surface area contributed by atoms with E-state index in [4.69, 9.17) is 0 Å². The lowest BCUT2D eigenvalue weighted by Crippen LogP contribution is -2.66. The zero-order valence-electron chi connectivity index (χ0n) is 6.53. The third-order valence-electron chi connectivity index (χ3n) is 3.00. The molecule has 10 heavy (non-hydrogen) atoms. The number of rotatable bonds is 1. The van der Waals surface area contributed by atoms with Crippen LogP contribution in [0.3, 0.4) is 0 Å². The maximum Gasteiger partial charge on any atom is 0.226 e. The minimum absolute atomic E-state index is 0.0868. The van der Waals surface area contributed by atoms with Crippen LogP contribution in [-0.2, 0) is 4.79 Å². The van der Waals surface area contributed by atoms with E-state index in [0.29, 0.717) is 5.41 Å². The Bertz CT molecular complexity index is 178. The van der Waals surface area contributed by atoms with Crippen LogP contribution in [0.25, 0.3) is 0 Å². The molecule has 3 fully saturated rings. The van der Waals surface area contributed by atoms with Crippen LogP contribution < -0.4 is 5.32 Å². The fourth-order valence-corrected chi connectivity index (χ4v) is 2.80. The van der Waals surface area contributed by atoms with Crippen molar-refractivity contribution in [1.82, 2.24) is 5.32 Å². The molecule has 0 heterocycles. The molecule has 2 nitrogen and oxygen atoms in total. The summed E-state index contributed by atoms with van der Waals surface area (Å²) in [6.07, 6.45) is 3.37. The Morgan fingerprint density at radius 1 is 1.40 bits per heavy atom. The Labute approximate surface area is 61.0 Å². The molecular formula is C8H13NO. The molecule has 1 amide bonds. The Morgan fingerprint density at radius 2 is 1.90 bits per heavy atom. The molecule has 0 aromatic carbocycles. The van der Waals surface area contributed by atoms with Crippen LogP contribution in [0.1, 0.15) is 26.2 Å². The molecule has 0 unspecified atom stereocenters. The van der Waals surface area contributed by atoms with E-state index in [9.17, 15) is 4.79 Å². The summed E-state index contributed by atoms with van der Waals surface area (Å²) in [5, 5.41) is 2.72. The van der Waals surface area contributed by atoms with Crippen molar-refractivity contribution in [1.29, 1.82) is 0 Å². The fraction of sp³-hybridized carbons (Fsp3) is 0.875. The minimum Gasteiger partial charge on any atom is -0.359 e. The largest absolute Gasteiger partial charge is 0.359 e. The van der Waals surface area contributed by atoms with E-state index in [2.05, 4.69) is 12.2 Å². The maximum atomic E-state index is 11.2. The Kier molecular flexibility index (Phi) is 0.859. The molecule has 3 rings (SSSR count). The highest BCUT2D eigenvalue weighted by Gasteiger charge is 2.68. The lowest BCUT2D eigenvalue weighted by molar-refractivity contribution is -0.199. The molecule has 2 heteroatoms. The summed E-state index contributed by atoms with van der Waals surface area (Å²) in [6, 6.07) is 0. The monoisotopic (exact) mass is 139 g/mol. The van der Waals surface area contributed by atoms with E-state index in [1.165, 1.54) is 0 Å². The van der Waals surface area contributed by atoms with E-state index in [0.717, 1.165) is 19.3 Å². The van der Waals surface area contributed by atoms with Crippen molar-refractivity contribution in [3.05, 3.63) is 0 Å². The highest BCUT2D eigenvalue weighted by molar-refractivity contribution is 5.86. The first kappa shape index (κ1) is 6.20. The third kappa shape index (κ3) is 0.482. The normalized spacial score (nSPS) is 49.0. The molecule has 56 valence electrons. The average Bonchev–Trinajstić information content (AvgIpc) is 1.77. The highest BCUT2D eigenvalue weighted by atomic mass is 16.2. The maximum absolute atomic E-state index is 11.2. The van der Waals surface area contributed by atoms with Crippen molar-refractivity contribution in [2.45, 2.75) is 26.2 Å². The smallest absolute Gasteiger partial charge is 0.226 e. The van der Waals surface area contributed by atoms with Gasteiger partial charge in [0.15, 0.2) is 0 Å². The summed E-state index contributed by atoms with van der Waals surface area (Å²) in [6.45, 7) is 2.26. The molecule has 0 saturated heterocycles. The first-order valence-corrected chi connectivity index (χ1v) is 3.83. The van der Waals surface area contributed by atoms with Gasteiger partial charge < -0.3 is 5.32 Å². The minimum atomic E-state index is 0.0868. The number of hydrogen-bond donors (Lipinski definition) is 1. The van der Waals surface area contributed by atoms with Crippen LogP contribution in [0.2, 0.25) is 0 Å². The molecule has 0 aromatic heterocycles. The van der Waals surface area contributed by atoms with E-state index in [1.807, 2.05) is 0 Å². The zero-order valence-corrected chi connectivity index (χ0v) is 6.53. The lowest BCUT2D eigenvalue weighted by Gasteiger charge is -2.68. The van der Waals surface area contributed by atoms with Crippen molar-refractivity contribution in [2.24, 2.45) is 10.8 Å². The summed E-state index contributed by atoms with van der Waals surface area (Å²) >= 11 is 0. The van der Waals surface area contributed by atoms with Crippen molar-refractivity contribution in [3.63, 3.8) is 0 Å². The molecule has 0 spiro atoms. The van der Waals surface area contributed by atoms with E-state index in [-0.39, 0.29) is 11.3 Å². The quantitative estimate of drug-likeness (QED) is 0.575. The third-order valence-corrected chi connectivity index (χ3v) is 3.00. The van der Waals surface area contributed by atoms with Gasteiger partial charge in [-0.25, -0.2) is 0 Å². The summed E-state index contributed by atoms with van der Waals surface area (Å²) in [5.41, 5.74) is 0.635.